The van der Waals surface area contributed by atoms with Crippen LogP contribution in [0.5, 0.6) is 0 Å². The van der Waals surface area contributed by atoms with Crippen LogP contribution in [-0.2, 0) is 17.1 Å². The van der Waals surface area contributed by atoms with Crippen molar-refractivity contribution < 1.29 is 35.9 Å². The van der Waals surface area contributed by atoms with Crippen LogP contribution in [0.15, 0.2) is 0 Å². The van der Waals surface area contributed by atoms with Gasteiger partial charge in [0, 0.05) is 17.1 Å². The van der Waals surface area contributed by atoms with E-state index in [1.165, 1.54) is 5.92 Å². The zero-order valence-corrected chi connectivity index (χ0v) is 9.08. The van der Waals surface area contributed by atoms with Gasteiger partial charge in [0.15, 0.2) is 0 Å². The molecule has 0 aromatic heterocycles. The summed E-state index contributed by atoms with van der Waals surface area (Å²) < 4.78 is 0. The molecule has 10 radical (unpaired) electrons. The summed E-state index contributed by atoms with van der Waals surface area (Å²) in [5.41, 5.74) is 0. The van der Waals surface area contributed by atoms with Crippen LogP contribution in [0.3, 0.4) is 0 Å². The van der Waals surface area contributed by atoms with Gasteiger partial charge in [0.05, 0.1) is 0 Å². The molecule has 13 heavy (non-hydrogen) atoms. The molecule has 2 fully saturated rings. The fourth-order valence-corrected chi connectivity index (χ4v) is 0.748. The van der Waals surface area contributed by atoms with Gasteiger partial charge in [-0.2, -0.15) is 0 Å². The second-order valence-electron chi connectivity index (χ2n) is 2.35. The predicted molar refractivity (Wildman–Crippen MR) is 46.6 cm³/mol. The van der Waals surface area contributed by atoms with Gasteiger partial charge in [-0.15, -0.1) is 0 Å². The van der Waals surface area contributed by atoms with Crippen LogP contribution in [0.2, 0.25) is 0 Å². The van der Waals surface area contributed by atoms with Gasteiger partial charge in [-0.1, -0.05) is 19.8 Å². The van der Waals surface area contributed by atoms with Crippen molar-refractivity contribution in [1.82, 2.24) is 0 Å². The van der Waals surface area contributed by atoms with E-state index < -0.39 is 0 Å². The molecular weight excluding hydrogens is 195 g/mol. The molecule has 0 N–H and O–H groups in total. The average Bonchev–Trinajstić information content (AvgIpc) is 2.57. The molecule has 0 aromatic carbocycles. The first kappa shape index (κ1) is 16.5. The summed E-state index contributed by atoms with van der Waals surface area (Å²) in [7, 11) is 0. The minimum absolute atomic E-state index is 0. The van der Waals surface area contributed by atoms with Crippen molar-refractivity contribution in [2.24, 2.45) is 0 Å². The van der Waals surface area contributed by atoms with Crippen LogP contribution in [0.4, 0.5) is 0 Å². The molecule has 0 bridgehead atoms. The quantitative estimate of drug-likeness (QED) is 0.363. The Morgan fingerprint density at radius 1 is 0.923 bits per heavy atom. The topological polar surface area (TPSA) is 0 Å². The predicted octanol–water partition coefficient (Wildman–Crippen LogP) is -0.689. The molecule has 2 aliphatic rings. The fraction of sp³-hybridized carbons (Fsp3) is 0.0909. The molecule has 64 valence electrons. The Hall–Kier alpha value is 1.12. The molecule has 0 spiro atoms. The molecule has 0 amide bonds. The minimum atomic E-state index is 0. The summed E-state index contributed by atoms with van der Waals surface area (Å²) in [5, 5.41) is 0. The second kappa shape index (κ2) is 11.2. The molecular formula is C11H11FeLi. The Balaban J connectivity index is 0. The maximum absolute atomic E-state index is 2.86. The first-order chi connectivity index (χ1) is 5.39. The van der Waals surface area contributed by atoms with Crippen molar-refractivity contribution in [3.63, 3.8) is 0 Å². The van der Waals surface area contributed by atoms with Crippen molar-refractivity contribution in [3.8, 4) is 0 Å². The van der Waals surface area contributed by atoms with Crippen molar-refractivity contribution in [1.29, 1.82) is 0 Å². The van der Waals surface area contributed by atoms with E-state index in [0.29, 0.717) is 0 Å². The summed E-state index contributed by atoms with van der Waals surface area (Å²) in [6.45, 7) is 2.08. The monoisotopic (exact) mass is 206 g/mol. The Kier molecular flexibility index (Phi) is 14.2. The van der Waals surface area contributed by atoms with Gasteiger partial charge in [-0.25, -0.2) is 12.8 Å². The van der Waals surface area contributed by atoms with E-state index >= 15 is 0 Å². The van der Waals surface area contributed by atoms with Gasteiger partial charge in [-0.05, 0) is 31.6 Å². The molecule has 2 heteroatoms. The van der Waals surface area contributed by atoms with E-state index in [9.17, 15) is 0 Å². The number of hydrogen-bond donors (Lipinski definition) is 0. The summed E-state index contributed by atoms with van der Waals surface area (Å²) >= 11 is 0. The molecule has 0 saturated heterocycles. The van der Waals surface area contributed by atoms with Crippen LogP contribution in [0, 0.1) is 63.7 Å². The number of hydrogen-bond acceptors (Lipinski definition) is 0. The first-order valence-electron chi connectivity index (χ1n) is 3.65. The molecule has 0 atom stereocenters. The summed E-state index contributed by atoms with van der Waals surface area (Å²) in [5.74, 6) is 1.34. The third-order valence-electron chi connectivity index (χ3n) is 1.33. The second-order valence-corrected chi connectivity index (χ2v) is 2.35. The molecule has 0 nitrogen and oxygen atoms in total. The zero-order chi connectivity index (χ0) is 7.94. The van der Waals surface area contributed by atoms with Crippen LogP contribution in [0.1, 0.15) is 6.92 Å². The van der Waals surface area contributed by atoms with Crippen molar-refractivity contribution in [2.45, 2.75) is 6.92 Å². The third-order valence-corrected chi connectivity index (χ3v) is 1.33. The smallest absolute Gasteiger partial charge is 0.474 e. The van der Waals surface area contributed by atoms with Gasteiger partial charge in [0.25, 0.3) is 0 Å². The van der Waals surface area contributed by atoms with Gasteiger partial charge < -0.3 is 6.42 Å². The Bertz CT molecular complexity index is 78.5. The van der Waals surface area contributed by atoms with Crippen LogP contribution in [-0.4, -0.2) is 0 Å². The zero-order valence-electron chi connectivity index (χ0n) is 7.97. The van der Waals surface area contributed by atoms with E-state index in [0.717, 1.165) is 0 Å². The maximum atomic E-state index is 2.86. The van der Waals surface area contributed by atoms with E-state index in [-0.39, 0.29) is 35.9 Å². The largest absolute Gasteiger partial charge is 1.00 e. The van der Waals surface area contributed by atoms with Crippen LogP contribution >= 0.6 is 0 Å². The SMILES string of the molecule is C[C]1[CH][CH][CH][CH]1.[C-]1[CH][CH][CH][CH]1.[Fe].[Li+]. The molecule has 2 rings (SSSR count). The van der Waals surface area contributed by atoms with Crippen molar-refractivity contribution in [2.75, 3.05) is 0 Å². The summed E-state index contributed by atoms with van der Waals surface area (Å²) in [6, 6.07) is 0. The fourth-order valence-electron chi connectivity index (χ4n) is 0.748. The maximum Gasteiger partial charge on any atom is 1.00 e. The van der Waals surface area contributed by atoms with Gasteiger partial charge in [0.2, 0.25) is 0 Å². The number of rotatable bonds is 0. The van der Waals surface area contributed by atoms with E-state index in [1.54, 1.807) is 0 Å². The summed E-state index contributed by atoms with van der Waals surface area (Å²) in [4.78, 5) is 0. The van der Waals surface area contributed by atoms with E-state index in [1.807, 2.05) is 38.5 Å². The van der Waals surface area contributed by atoms with Crippen molar-refractivity contribution in [3.05, 3.63) is 63.7 Å². The van der Waals surface area contributed by atoms with E-state index in [4.69, 9.17) is 0 Å². The minimum Gasteiger partial charge on any atom is -0.474 e. The Morgan fingerprint density at radius 2 is 1.38 bits per heavy atom. The van der Waals surface area contributed by atoms with Crippen LogP contribution < -0.4 is 18.9 Å². The van der Waals surface area contributed by atoms with Crippen LogP contribution in [0.25, 0.3) is 0 Å². The standard InChI is InChI=1S/C6H7.C5H4.Fe.Li/c1-6-4-2-3-5-6;1-2-4-5-3-1;;/h2-5H,1H3;1-4H;;/q;-1;;+1. The van der Waals surface area contributed by atoms with Crippen molar-refractivity contribution >= 4 is 0 Å². The Labute approximate surface area is 106 Å². The van der Waals surface area contributed by atoms with Gasteiger partial charge in [0.1, 0.15) is 0 Å². The molecule has 2 aliphatic carbocycles. The average molecular weight is 206 g/mol. The molecule has 0 unspecified atom stereocenters. The van der Waals surface area contributed by atoms with Gasteiger partial charge in [-0.3, -0.25) is 0 Å². The molecule has 0 aliphatic heterocycles. The third kappa shape index (κ3) is 9.42. The Morgan fingerprint density at radius 3 is 1.54 bits per heavy atom. The molecule has 0 heterocycles. The normalized spacial score (nSPS) is 21.0. The summed E-state index contributed by atoms with van der Waals surface area (Å²) in [6.07, 6.45) is 18.7. The molecule has 2 saturated carbocycles. The van der Waals surface area contributed by atoms with E-state index in [2.05, 4.69) is 26.2 Å². The molecule has 0 aromatic rings. The van der Waals surface area contributed by atoms with Gasteiger partial charge >= 0.3 is 18.9 Å². The first-order valence-corrected chi connectivity index (χ1v) is 3.65.